The lowest BCUT2D eigenvalue weighted by molar-refractivity contribution is 0.0347. The predicted molar refractivity (Wildman–Crippen MR) is 69.3 cm³/mol. The number of carbonyl (C=O) groups excluding carboxylic acids is 1. The quantitative estimate of drug-likeness (QED) is 0.464. The summed E-state index contributed by atoms with van der Waals surface area (Å²) < 4.78 is 10.1. The Bertz CT molecular complexity index is 461. The number of carboxylic acid groups (broad SMARTS) is 1. The summed E-state index contributed by atoms with van der Waals surface area (Å²) in [5, 5.41) is 8.72. The van der Waals surface area contributed by atoms with Crippen LogP contribution < -0.4 is 0 Å². The lowest BCUT2D eigenvalue weighted by atomic mass is 10.1. The lowest BCUT2D eigenvalue weighted by Crippen LogP contribution is -2.11. The van der Waals surface area contributed by atoms with Gasteiger partial charge in [-0.3, -0.25) is 0 Å². The molecule has 0 radical (unpaired) electrons. The van der Waals surface area contributed by atoms with Crippen LogP contribution in [0, 0.1) is 0 Å². The molecule has 0 fully saturated rings. The van der Waals surface area contributed by atoms with Crippen LogP contribution in [-0.4, -0.2) is 36.9 Å². The molecule has 0 atom stereocenters. The molecule has 0 unspecified atom stereocenters. The SMILES string of the molecule is C=C(C)COCCOC(=O)c1ccc(C(=O)O)cc1. The van der Waals surface area contributed by atoms with Gasteiger partial charge in [0, 0.05) is 0 Å². The Morgan fingerprint density at radius 1 is 1.16 bits per heavy atom. The van der Waals surface area contributed by atoms with Gasteiger partial charge in [0.25, 0.3) is 0 Å². The Morgan fingerprint density at radius 2 is 1.74 bits per heavy atom. The predicted octanol–water partition coefficient (Wildman–Crippen LogP) is 2.13. The summed E-state index contributed by atoms with van der Waals surface area (Å²) in [7, 11) is 0. The van der Waals surface area contributed by atoms with Gasteiger partial charge in [-0.1, -0.05) is 12.2 Å². The van der Waals surface area contributed by atoms with Crippen LogP contribution in [0.4, 0.5) is 0 Å². The van der Waals surface area contributed by atoms with Crippen molar-refractivity contribution in [1.29, 1.82) is 0 Å². The van der Waals surface area contributed by atoms with Gasteiger partial charge in [-0.25, -0.2) is 9.59 Å². The Labute approximate surface area is 111 Å². The van der Waals surface area contributed by atoms with Crippen molar-refractivity contribution >= 4 is 11.9 Å². The molecule has 19 heavy (non-hydrogen) atoms. The summed E-state index contributed by atoms with van der Waals surface area (Å²) in [6.07, 6.45) is 0. The molecule has 5 heteroatoms. The van der Waals surface area contributed by atoms with Crippen molar-refractivity contribution in [2.24, 2.45) is 0 Å². The molecule has 1 aromatic carbocycles. The van der Waals surface area contributed by atoms with Crippen molar-refractivity contribution in [3.05, 3.63) is 47.5 Å². The number of rotatable bonds is 7. The fourth-order valence-corrected chi connectivity index (χ4v) is 1.27. The summed E-state index contributed by atoms with van der Waals surface area (Å²) in [5.74, 6) is -1.54. The highest BCUT2D eigenvalue weighted by molar-refractivity contribution is 5.92. The Balaban J connectivity index is 2.37. The second-order valence-electron chi connectivity index (χ2n) is 4.03. The number of hydrogen-bond donors (Lipinski definition) is 1. The third-order valence-corrected chi connectivity index (χ3v) is 2.18. The first-order valence-electron chi connectivity index (χ1n) is 5.73. The third-order valence-electron chi connectivity index (χ3n) is 2.18. The van der Waals surface area contributed by atoms with E-state index < -0.39 is 11.9 Å². The number of carboxylic acids is 1. The van der Waals surface area contributed by atoms with Gasteiger partial charge in [-0.2, -0.15) is 0 Å². The van der Waals surface area contributed by atoms with E-state index in [1.54, 1.807) is 0 Å². The fraction of sp³-hybridized carbons (Fsp3) is 0.286. The maximum atomic E-state index is 11.6. The summed E-state index contributed by atoms with van der Waals surface area (Å²) >= 11 is 0. The van der Waals surface area contributed by atoms with Crippen molar-refractivity contribution in [2.75, 3.05) is 19.8 Å². The molecule has 0 aromatic heterocycles. The van der Waals surface area contributed by atoms with Crippen LogP contribution in [0.1, 0.15) is 27.6 Å². The van der Waals surface area contributed by atoms with E-state index in [0.29, 0.717) is 18.8 Å². The monoisotopic (exact) mass is 264 g/mol. The summed E-state index contributed by atoms with van der Waals surface area (Å²) in [6.45, 7) is 6.40. The highest BCUT2D eigenvalue weighted by Gasteiger charge is 2.08. The maximum absolute atomic E-state index is 11.6. The Kier molecular flexibility index (Phi) is 5.75. The van der Waals surface area contributed by atoms with Crippen LogP contribution in [0.2, 0.25) is 0 Å². The van der Waals surface area contributed by atoms with Crippen molar-refractivity contribution in [3.8, 4) is 0 Å². The zero-order chi connectivity index (χ0) is 14.3. The molecule has 1 N–H and O–H groups in total. The first-order valence-corrected chi connectivity index (χ1v) is 5.73. The molecular formula is C14H16O5. The maximum Gasteiger partial charge on any atom is 0.338 e. The molecule has 0 amide bonds. The van der Waals surface area contributed by atoms with Gasteiger partial charge in [0.1, 0.15) is 6.61 Å². The van der Waals surface area contributed by atoms with E-state index in [-0.39, 0.29) is 12.2 Å². The highest BCUT2D eigenvalue weighted by Crippen LogP contribution is 2.06. The fourth-order valence-electron chi connectivity index (χ4n) is 1.27. The molecule has 0 spiro atoms. The topological polar surface area (TPSA) is 72.8 Å². The number of hydrogen-bond acceptors (Lipinski definition) is 4. The van der Waals surface area contributed by atoms with E-state index >= 15 is 0 Å². The minimum absolute atomic E-state index is 0.126. The molecule has 0 saturated heterocycles. The molecule has 1 rings (SSSR count). The minimum atomic E-state index is -1.03. The zero-order valence-corrected chi connectivity index (χ0v) is 10.7. The van der Waals surface area contributed by atoms with E-state index in [4.69, 9.17) is 14.6 Å². The zero-order valence-electron chi connectivity index (χ0n) is 10.7. The molecule has 0 aliphatic carbocycles. The smallest absolute Gasteiger partial charge is 0.338 e. The van der Waals surface area contributed by atoms with Crippen molar-refractivity contribution in [3.63, 3.8) is 0 Å². The number of benzene rings is 1. The summed E-state index contributed by atoms with van der Waals surface area (Å²) in [4.78, 5) is 22.2. The number of carbonyl (C=O) groups is 2. The average molecular weight is 264 g/mol. The standard InChI is InChI=1S/C14H16O5/c1-10(2)9-18-7-8-19-14(17)12-5-3-11(4-6-12)13(15)16/h3-6H,1,7-9H2,2H3,(H,15,16). The van der Waals surface area contributed by atoms with Gasteiger partial charge in [0.2, 0.25) is 0 Å². The van der Waals surface area contributed by atoms with Gasteiger partial charge in [0.05, 0.1) is 24.3 Å². The molecule has 0 aliphatic heterocycles. The molecule has 0 saturated carbocycles. The first kappa shape index (κ1) is 14.9. The van der Waals surface area contributed by atoms with Crippen LogP contribution in [0.25, 0.3) is 0 Å². The molecule has 1 aromatic rings. The van der Waals surface area contributed by atoms with Crippen LogP contribution in [-0.2, 0) is 9.47 Å². The second-order valence-corrected chi connectivity index (χ2v) is 4.03. The number of aromatic carboxylic acids is 1. The molecule has 0 heterocycles. The average Bonchev–Trinajstić information content (AvgIpc) is 2.37. The summed E-state index contributed by atoms with van der Waals surface area (Å²) in [6, 6.07) is 5.55. The van der Waals surface area contributed by atoms with Gasteiger partial charge in [-0.05, 0) is 31.2 Å². The number of esters is 1. The Morgan fingerprint density at radius 3 is 2.26 bits per heavy atom. The molecule has 102 valence electrons. The molecule has 0 bridgehead atoms. The lowest BCUT2D eigenvalue weighted by Gasteiger charge is -2.06. The Hall–Kier alpha value is -2.14. The van der Waals surface area contributed by atoms with E-state index in [0.717, 1.165) is 5.57 Å². The first-order chi connectivity index (χ1) is 9.00. The minimum Gasteiger partial charge on any atom is -0.478 e. The van der Waals surface area contributed by atoms with E-state index in [9.17, 15) is 9.59 Å². The normalized spacial score (nSPS) is 9.95. The third kappa shape index (κ3) is 5.35. The van der Waals surface area contributed by atoms with E-state index in [1.165, 1.54) is 24.3 Å². The molecular weight excluding hydrogens is 248 g/mol. The second kappa shape index (κ2) is 7.33. The van der Waals surface area contributed by atoms with Crippen LogP contribution in [0.3, 0.4) is 0 Å². The summed E-state index contributed by atoms with van der Waals surface area (Å²) in [5.41, 5.74) is 1.34. The molecule has 0 aliphatic rings. The van der Waals surface area contributed by atoms with Crippen LogP contribution in [0.15, 0.2) is 36.4 Å². The largest absolute Gasteiger partial charge is 0.478 e. The number of ether oxygens (including phenoxy) is 2. The van der Waals surface area contributed by atoms with Gasteiger partial charge < -0.3 is 14.6 Å². The van der Waals surface area contributed by atoms with Crippen molar-refractivity contribution in [1.82, 2.24) is 0 Å². The van der Waals surface area contributed by atoms with E-state index in [1.807, 2.05) is 6.92 Å². The highest BCUT2D eigenvalue weighted by atomic mass is 16.6. The van der Waals surface area contributed by atoms with Crippen LogP contribution >= 0.6 is 0 Å². The van der Waals surface area contributed by atoms with E-state index in [2.05, 4.69) is 6.58 Å². The van der Waals surface area contributed by atoms with Gasteiger partial charge in [0.15, 0.2) is 0 Å². The molecule has 5 nitrogen and oxygen atoms in total. The van der Waals surface area contributed by atoms with Gasteiger partial charge >= 0.3 is 11.9 Å². The van der Waals surface area contributed by atoms with Crippen LogP contribution in [0.5, 0.6) is 0 Å². The van der Waals surface area contributed by atoms with Crippen molar-refractivity contribution in [2.45, 2.75) is 6.92 Å². The van der Waals surface area contributed by atoms with Crippen molar-refractivity contribution < 1.29 is 24.2 Å². The van der Waals surface area contributed by atoms with Gasteiger partial charge in [-0.15, -0.1) is 0 Å².